The summed E-state index contributed by atoms with van der Waals surface area (Å²) in [5, 5.41) is 0. The molecule has 16 heavy (non-hydrogen) atoms. The van der Waals surface area contributed by atoms with Crippen molar-refractivity contribution in [2.24, 2.45) is 0 Å². The van der Waals surface area contributed by atoms with Gasteiger partial charge in [-0.05, 0) is 30.5 Å². The second-order valence-electron chi connectivity index (χ2n) is 4.16. The van der Waals surface area contributed by atoms with E-state index in [0.717, 1.165) is 0 Å². The van der Waals surface area contributed by atoms with Gasteiger partial charge in [-0.3, -0.25) is 0 Å². The first-order valence-electron chi connectivity index (χ1n) is 5.43. The molecule has 0 amide bonds. The average Bonchev–Trinajstić information content (AvgIpc) is 2.30. The van der Waals surface area contributed by atoms with Crippen molar-refractivity contribution >= 4 is 11.6 Å². The van der Waals surface area contributed by atoms with Gasteiger partial charge < -0.3 is 0 Å². The summed E-state index contributed by atoms with van der Waals surface area (Å²) < 4.78 is 0. The molecule has 82 valence electrons. The number of aryl methyl sites for hydroxylation is 2. The molecule has 0 unspecified atom stereocenters. The van der Waals surface area contributed by atoms with Gasteiger partial charge in [0.15, 0.2) is 0 Å². The van der Waals surface area contributed by atoms with Gasteiger partial charge in [-0.15, -0.1) is 11.6 Å². The van der Waals surface area contributed by atoms with Gasteiger partial charge in [-0.2, -0.15) is 0 Å². The molecule has 1 heteroatoms. The Labute approximate surface area is 102 Å². The third-order valence-electron chi connectivity index (χ3n) is 2.77. The summed E-state index contributed by atoms with van der Waals surface area (Å²) in [5.74, 6) is 0.559. The number of hydrogen-bond acceptors (Lipinski definition) is 0. The van der Waals surface area contributed by atoms with E-state index in [1.165, 1.54) is 27.8 Å². The minimum atomic E-state index is 0.559. The molecule has 2 rings (SSSR count). The molecule has 0 saturated carbocycles. The highest BCUT2D eigenvalue weighted by Gasteiger charge is 2.04. The molecule has 0 radical (unpaired) electrons. The van der Waals surface area contributed by atoms with Crippen molar-refractivity contribution < 1.29 is 0 Å². The van der Waals surface area contributed by atoms with Gasteiger partial charge in [0.1, 0.15) is 0 Å². The maximum Gasteiger partial charge on any atom is 0.0480 e. The number of benzene rings is 2. The van der Waals surface area contributed by atoms with Crippen LogP contribution in [-0.2, 0) is 5.88 Å². The van der Waals surface area contributed by atoms with Crippen molar-refractivity contribution in [2.75, 3.05) is 0 Å². The summed E-state index contributed by atoms with van der Waals surface area (Å²) >= 11 is 5.97. The molecule has 0 heterocycles. The van der Waals surface area contributed by atoms with Crippen LogP contribution in [0, 0.1) is 13.8 Å². The Morgan fingerprint density at radius 1 is 0.875 bits per heavy atom. The Hall–Kier alpha value is -1.27. The van der Waals surface area contributed by atoms with Gasteiger partial charge in [-0.1, -0.05) is 53.6 Å². The Morgan fingerprint density at radius 2 is 1.50 bits per heavy atom. The molecular weight excluding hydrogens is 216 g/mol. The van der Waals surface area contributed by atoms with Crippen LogP contribution >= 0.6 is 11.6 Å². The maximum atomic E-state index is 5.97. The van der Waals surface area contributed by atoms with Crippen molar-refractivity contribution in [3.8, 4) is 11.1 Å². The van der Waals surface area contributed by atoms with Gasteiger partial charge in [0.05, 0.1) is 0 Å². The van der Waals surface area contributed by atoms with Gasteiger partial charge in [0.25, 0.3) is 0 Å². The van der Waals surface area contributed by atoms with E-state index >= 15 is 0 Å². The van der Waals surface area contributed by atoms with Crippen LogP contribution in [0.2, 0.25) is 0 Å². The highest BCUT2D eigenvalue weighted by Crippen LogP contribution is 2.26. The van der Waals surface area contributed by atoms with Gasteiger partial charge in [-0.25, -0.2) is 0 Å². The first kappa shape index (κ1) is 11.2. The highest BCUT2D eigenvalue weighted by atomic mass is 35.5. The number of hydrogen-bond donors (Lipinski definition) is 0. The predicted molar refractivity (Wildman–Crippen MR) is 70.9 cm³/mol. The van der Waals surface area contributed by atoms with E-state index in [-0.39, 0.29) is 0 Å². The Morgan fingerprint density at radius 3 is 2.12 bits per heavy atom. The minimum Gasteiger partial charge on any atom is -0.122 e. The smallest absolute Gasteiger partial charge is 0.0480 e. The Kier molecular flexibility index (Phi) is 3.31. The van der Waals surface area contributed by atoms with Crippen molar-refractivity contribution in [2.45, 2.75) is 19.7 Å². The zero-order valence-electron chi connectivity index (χ0n) is 9.63. The summed E-state index contributed by atoms with van der Waals surface area (Å²) in [5.41, 5.74) is 6.23. The molecule has 2 aromatic carbocycles. The largest absolute Gasteiger partial charge is 0.122 e. The molecule has 0 atom stereocenters. The van der Waals surface area contributed by atoms with E-state index in [2.05, 4.69) is 56.3 Å². The van der Waals surface area contributed by atoms with Crippen molar-refractivity contribution in [3.05, 3.63) is 59.2 Å². The van der Waals surface area contributed by atoms with E-state index in [0.29, 0.717) is 5.88 Å². The van der Waals surface area contributed by atoms with Crippen LogP contribution in [-0.4, -0.2) is 0 Å². The molecule has 0 saturated heterocycles. The van der Waals surface area contributed by atoms with Crippen LogP contribution in [0.25, 0.3) is 11.1 Å². The molecule has 0 aromatic heterocycles. The lowest BCUT2D eigenvalue weighted by Gasteiger charge is -2.09. The first-order chi connectivity index (χ1) is 7.70. The van der Waals surface area contributed by atoms with Crippen LogP contribution in [0.15, 0.2) is 42.5 Å². The number of halogens is 1. The average molecular weight is 231 g/mol. The van der Waals surface area contributed by atoms with Crippen LogP contribution in [0.3, 0.4) is 0 Å². The lowest BCUT2D eigenvalue weighted by atomic mass is 9.98. The predicted octanol–water partition coefficient (Wildman–Crippen LogP) is 4.71. The second-order valence-corrected chi connectivity index (χ2v) is 4.43. The standard InChI is InChI=1S/C15H15Cl/c1-11-3-6-13(7-4-11)15-9-12(2)5-8-14(15)10-16/h3-9H,10H2,1-2H3. The second kappa shape index (κ2) is 4.71. The van der Waals surface area contributed by atoms with E-state index in [9.17, 15) is 0 Å². The quantitative estimate of drug-likeness (QED) is 0.656. The number of alkyl halides is 1. The minimum absolute atomic E-state index is 0.559. The van der Waals surface area contributed by atoms with E-state index < -0.39 is 0 Å². The van der Waals surface area contributed by atoms with E-state index in [1.54, 1.807) is 0 Å². The SMILES string of the molecule is Cc1ccc(-c2cc(C)ccc2CCl)cc1. The zero-order chi connectivity index (χ0) is 11.5. The van der Waals surface area contributed by atoms with Crippen molar-refractivity contribution in [1.29, 1.82) is 0 Å². The molecule has 0 nitrogen and oxygen atoms in total. The van der Waals surface area contributed by atoms with Crippen LogP contribution in [0.5, 0.6) is 0 Å². The molecular formula is C15H15Cl. The summed E-state index contributed by atoms with van der Waals surface area (Å²) in [6, 6.07) is 15.0. The summed E-state index contributed by atoms with van der Waals surface area (Å²) in [7, 11) is 0. The van der Waals surface area contributed by atoms with E-state index in [4.69, 9.17) is 11.6 Å². The molecule has 0 fully saturated rings. The molecule has 0 aliphatic rings. The third-order valence-corrected chi connectivity index (χ3v) is 3.06. The molecule has 0 aliphatic carbocycles. The van der Waals surface area contributed by atoms with Crippen molar-refractivity contribution in [3.63, 3.8) is 0 Å². The fraction of sp³-hybridized carbons (Fsp3) is 0.200. The summed E-state index contributed by atoms with van der Waals surface area (Å²) in [4.78, 5) is 0. The fourth-order valence-corrected chi connectivity index (χ4v) is 2.04. The molecule has 0 bridgehead atoms. The summed E-state index contributed by atoms with van der Waals surface area (Å²) in [6.45, 7) is 4.21. The maximum absolute atomic E-state index is 5.97. The lowest BCUT2D eigenvalue weighted by Crippen LogP contribution is -1.88. The Balaban J connectivity index is 2.53. The van der Waals surface area contributed by atoms with E-state index in [1.807, 2.05) is 0 Å². The first-order valence-corrected chi connectivity index (χ1v) is 5.96. The topological polar surface area (TPSA) is 0 Å². The molecule has 0 spiro atoms. The van der Waals surface area contributed by atoms with Crippen molar-refractivity contribution in [1.82, 2.24) is 0 Å². The van der Waals surface area contributed by atoms with Crippen LogP contribution in [0.4, 0.5) is 0 Å². The molecule has 0 aliphatic heterocycles. The van der Waals surface area contributed by atoms with Crippen LogP contribution < -0.4 is 0 Å². The zero-order valence-corrected chi connectivity index (χ0v) is 10.4. The van der Waals surface area contributed by atoms with Crippen LogP contribution in [0.1, 0.15) is 16.7 Å². The normalized spacial score (nSPS) is 10.4. The molecule has 0 N–H and O–H groups in total. The Bertz CT molecular complexity index is 483. The summed E-state index contributed by atoms with van der Waals surface area (Å²) in [6.07, 6.45) is 0. The van der Waals surface area contributed by atoms with Gasteiger partial charge in [0.2, 0.25) is 0 Å². The monoisotopic (exact) mass is 230 g/mol. The van der Waals surface area contributed by atoms with Gasteiger partial charge >= 0.3 is 0 Å². The third kappa shape index (κ3) is 2.28. The highest BCUT2D eigenvalue weighted by molar-refractivity contribution is 6.17. The molecule has 2 aromatic rings. The van der Waals surface area contributed by atoms with Gasteiger partial charge in [0, 0.05) is 5.88 Å². The number of rotatable bonds is 2. The lowest BCUT2D eigenvalue weighted by molar-refractivity contribution is 1.35. The fourth-order valence-electron chi connectivity index (χ4n) is 1.81.